The average Bonchev–Trinajstić information content (AvgIpc) is 3.17. The van der Waals surface area contributed by atoms with Gasteiger partial charge in [-0.15, -0.1) is 11.3 Å². The summed E-state index contributed by atoms with van der Waals surface area (Å²) in [5.74, 6) is -0.463. The first-order chi connectivity index (χ1) is 13.8. The predicted octanol–water partition coefficient (Wildman–Crippen LogP) is 3.91. The van der Waals surface area contributed by atoms with Crippen molar-refractivity contribution in [1.29, 1.82) is 0 Å². The molecule has 3 aromatic rings. The van der Waals surface area contributed by atoms with Gasteiger partial charge in [0.05, 0.1) is 21.3 Å². The van der Waals surface area contributed by atoms with Crippen molar-refractivity contribution >= 4 is 37.9 Å². The van der Waals surface area contributed by atoms with Crippen LogP contribution >= 0.6 is 11.3 Å². The van der Waals surface area contributed by atoms with Gasteiger partial charge in [-0.2, -0.15) is 0 Å². The standard InChI is InChI=1S/C19H17N3O5S2/c23-18(10-5-11-29(26,27)16-8-2-1-3-9-16)21-19-20-17(13-28-19)14-6-4-7-15(12-14)22(24)25/h1-4,6-9,12-13H,5,10-11H2,(H,20,21,23). The number of hydrogen-bond acceptors (Lipinski definition) is 7. The maximum Gasteiger partial charge on any atom is 0.270 e. The van der Waals surface area contributed by atoms with E-state index in [2.05, 4.69) is 10.3 Å². The molecule has 0 atom stereocenters. The van der Waals surface area contributed by atoms with E-state index >= 15 is 0 Å². The Bertz CT molecular complexity index is 1130. The monoisotopic (exact) mass is 431 g/mol. The summed E-state index contributed by atoms with van der Waals surface area (Å²) >= 11 is 1.19. The molecule has 0 aliphatic carbocycles. The van der Waals surface area contributed by atoms with Crippen LogP contribution in [-0.4, -0.2) is 30.0 Å². The molecule has 0 radical (unpaired) electrons. The second-order valence-corrected chi connectivity index (χ2v) is 9.10. The Labute approximate surface area is 171 Å². The summed E-state index contributed by atoms with van der Waals surface area (Å²) in [7, 11) is -3.42. The highest BCUT2D eigenvalue weighted by molar-refractivity contribution is 7.91. The number of rotatable bonds is 8. The molecule has 10 heteroatoms. The zero-order chi connectivity index (χ0) is 20.9. The largest absolute Gasteiger partial charge is 0.302 e. The lowest BCUT2D eigenvalue weighted by Gasteiger charge is -2.04. The summed E-state index contributed by atoms with van der Waals surface area (Å²) in [6.07, 6.45) is 0.226. The number of nitrogens with one attached hydrogen (secondary N) is 1. The number of sulfone groups is 1. The van der Waals surface area contributed by atoms with Crippen LogP contribution < -0.4 is 5.32 Å². The minimum absolute atomic E-state index is 0.0395. The number of aromatic nitrogens is 1. The highest BCUT2D eigenvalue weighted by atomic mass is 32.2. The molecular formula is C19H17N3O5S2. The van der Waals surface area contributed by atoms with Crippen molar-refractivity contribution in [2.24, 2.45) is 0 Å². The number of amides is 1. The molecule has 0 unspecified atom stereocenters. The van der Waals surface area contributed by atoms with Crippen molar-refractivity contribution in [2.75, 3.05) is 11.1 Å². The fraction of sp³-hybridized carbons (Fsp3) is 0.158. The fourth-order valence-corrected chi connectivity index (χ4v) is 4.66. The second kappa shape index (κ2) is 8.93. The number of non-ortho nitro benzene ring substituents is 1. The molecule has 1 amide bonds. The van der Waals surface area contributed by atoms with Crippen LogP contribution in [0.1, 0.15) is 12.8 Å². The molecule has 150 valence electrons. The highest BCUT2D eigenvalue weighted by Gasteiger charge is 2.15. The average molecular weight is 431 g/mol. The van der Waals surface area contributed by atoms with Gasteiger partial charge in [-0.05, 0) is 18.6 Å². The first-order valence-corrected chi connectivity index (χ1v) is 11.2. The van der Waals surface area contributed by atoms with Crippen molar-refractivity contribution in [2.45, 2.75) is 17.7 Å². The van der Waals surface area contributed by atoms with Crippen LogP contribution in [0, 0.1) is 10.1 Å². The van der Waals surface area contributed by atoms with E-state index in [1.54, 1.807) is 35.7 Å². The molecule has 0 aliphatic rings. The number of carbonyl (C=O) groups is 1. The van der Waals surface area contributed by atoms with E-state index < -0.39 is 14.8 Å². The van der Waals surface area contributed by atoms with Gasteiger partial charge in [0.25, 0.3) is 5.69 Å². The Kier molecular flexibility index (Phi) is 6.35. The van der Waals surface area contributed by atoms with Crippen LogP contribution in [0.25, 0.3) is 11.3 Å². The number of hydrogen-bond donors (Lipinski definition) is 1. The molecule has 1 heterocycles. The quantitative estimate of drug-likeness (QED) is 0.426. The summed E-state index contributed by atoms with van der Waals surface area (Å²) in [5.41, 5.74) is 1.05. The first kappa shape index (κ1) is 20.6. The predicted molar refractivity (Wildman–Crippen MR) is 111 cm³/mol. The fourth-order valence-electron chi connectivity index (χ4n) is 2.59. The summed E-state index contributed by atoms with van der Waals surface area (Å²) in [6, 6.07) is 14.2. The molecule has 1 aromatic heterocycles. The zero-order valence-corrected chi connectivity index (χ0v) is 16.8. The Morgan fingerprint density at radius 1 is 1.14 bits per heavy atom. The number of nitro benzene ring substituents is 1. The van der Waals surface area contributed by atoms with E-state index in [4.69, 9.17) is 0 Å². The number of nitro groups is 1. The van der Waals surface area contributed by atoms with Crippen molar-refractivity contribution in [3.8, 4) is 11.3 Å². The number of benzene rings is 2. The molecule has 2 aromatic carbocycles. The van der Waals surface area contributed by atoms with E-state index in [1.165, 1.54) is 35.6 Å². The lowest BCUT2D eigenvalue weighted by Crippen LogP contribution is -2.14. The second-order valence-electron chi connectivity index (χ2n) is 6.13. The van der Waals surface area contributed by atoms with E-state index in [9.17, 15) is 23.3 Å². The number of anilines is 1. The van der Waals surface area contributed by atoms with Gasteiger partial charge < -0.3 is 5.32 Å². The summed E-state index contributed by atoms with van der Waals surface area (Å²) in [5, 5.41) is 15.6. The Morgan fingerprint density at radius 3 is 2.62 bits per heavy atom. The molecular weight excluding hydrogens is 414 g/mol. The number of thiazole rings is 1. The molecule has 0 saturated heterocycles. The van der Waals surface area contributed by atoms with Crippen LogP contribution in [-0.2, 0) is 14.6 Å². The lowest BCUT2D eigenvalue weighted by atomic mass is 10.1. The highest BCUT2D eigenvalue weighted by Crippen LogP contribution is 2.27. The molecule has 0 aliphatic heterocycles. The van der Waals surface area contributed by atoms with Crippen molar-refractivity contribution in [3.63, 3.8) is 0 Å². The molecule has 8 nitrogen and oxygen atoms in total. The van der Waals surface area contributed by atoms with Gasteiger partial charge in [0.15, 0.2) is 15.0 Å². The third kappa shape index (κ3) is 5.46. The van der Waals surface area contributed by atoms with E-state index in [-0.39, 0.29) is 35.1 Å². The molecule has 0 bridgehead atoms. The summed E-state index contributed by atoms with van der Waals surface area (Å²) in [4.78, 5) is 27.0. The van der Waals surface area contributed by atoms with Gasteiger partial charge in [0.2, 0.25) is 5.91 Å². The Hall–Kier alpha value is -3.11. The third-order valence-electron chi connectivity index (χ3n) is 4.02. The summed E-state index contributed by atoms with van der Waals surface area (Å²) < 4.78 is 24.4. The molecule has 3 rings (SSSR count). The van der Waals surface area contributed by atoms with Gasteiger partial charge in [0, 0.05) is 29.5 Å². The molecule has 0 fully saturated rings. The van der Waals surface area contributed by atoms with Gasteiger partial charge in [-0.25, -0.2) is 13.4 Å². The smallest absolute Gasteiger partial charge is 0.270 e. The normalized spacial score (nSPS) is 11.2. The van der Waals surface area contributed by atoms with E-state index in [1.807, 2.05) is 0 Å². The van der Waals surface area contributed by atoms with Crippen molar-refractivity contribution in [1.82, 2.24) is 4.98 Å². The van der Waals surface area contributed by atoms with Crippen LogP contribution in [0.15, 0.2) is 64.9 Å². The van der Waals surface area contributed by atoms with Gasteiger partial charge in [-0.1, -0.05) is 30.3 Å². The topological polar surface area (TPSA) is 119 Å². The molecule has 29 heavy (non-hydrogen) atoms. The van der Waals surface area contributed by atoms with Crippen LogP contribution in [0.3, 0.4) is 0 Å². The van der Waals surface area contributed by atoms with Crippen molar-refractivity contribution < 1.29 is 18.1 Å². The first-order valence-electron chi connectivity index (χ1n) is 8.63. The summed E-state index contributed by atoms with van der Waals surface area (Å²) in [6.45, 7) is 0. The van der Waals surface area contributed by atoms with E-state index in [0.29, 0.717) is 16.4 Å². The maximum absolute atomic E-state index is 12.2. The zero-order valence-electron chi connectivity index (χ0n) is 15.1. The van der Waals surface area contributed by atoms with Crippen LogP contribution in [0.2, 0.25) is 0 Å². The van der Waals surface area contributed by atoms with Gasteiger partial charge in [-0.3, -0.25) is 14.9 Å². The van der Waals surface area contributed by atoms with Gasteiger partial charge in [0.1, 0.15) is 0 Å². The molecule has 1 N–H and O–H groups in total. The Morgan fingerprint density at radius 2 is 1.90 bits per heavy atom. The lowest BCUT2D eigenvalue weighted by molar-refractivity contribution is -0.384. The van der Waals surface area contributed by atoms with Crippen molar-refractivity contribution in [3.05, 3.63) is 70.1 Å². The Balaban J connectivity index is 1.55. The van der Waals surface area contributed by atoms with Crippen LogP contribution in [0.5, 0.6) is 0 Å². The molecule has 0 saturated carbocycles. The maximum atomic E-state index is 12.2. The van der Waals surface area contributed by atoms with E-state index in [0.717, 1.165) is 0 Å². The minimum Gasteiger partial charge on any atom is -0.302 e. The minimum atomic E-state index is -3.42. The van der Waals surface area contributed by atoms with Gasteiger partial charge >= 0.3 is 0 Å². The third-order valence-corrected chi connectivity index (χ3v) is 6.60. The number of carbonyl (C=O) groups excluding carboxylic acids is 1. The van der Waals surface area contributed by atoms with Crippen LogP contribution in [0.4, 0.5) is 10.8 Å². The molecule has 0 spiro atoms. The number of nitrogens with zero attached hydrogens (tertiary/aromatic N) is 2. The SMILES string of the molecule is O=C(CCCS(=O)(=O)c1ccccc1)Nc1nc(-c2cccc([N+](=O)[O-])c2)cs1.